The van der Waals surface area contributed by atoms with Gasteiger partial charge in [0.25, 0.3) is 0 Å². The van der Waals surface area contributed by atoms with Crippen molar-refractivity contribution in [3.8, 4) is 11.1 Å². The summed E-state index contributed by atoms with van der Waals surface area (Å²) in [6.07, 6.45) is 0. The van der Waals surface area contributed by atoms with Crippen LogP contribution >= 0.6 is 0 Å². The maximum atomic E-state index is 4.27. The molecule has 0 heterocycles. The topological polar surface area (TPSA) is 0 Å². The van der Waals surface area contributed by atoms with Crippen LogP contribution in [0.15, 0.2) is 110 Å². The minimum Gasteiger partial charge on any atom is -0.0955 e. The van der Waals surface area contributed by atoms with Crippen molar-refractivity contribution in [1.82, 2.24) is 0 Å². The van der Waals surface area contributed by atoms with E-state index < -0.39 is 0 Å². The molecule has 1 aliphatic rings. The second-order valence-corrected chi connectivity index (χ2v) is 7.54. The summed E-state index contributed by atoms with van der Waals surface area (Å²) in [6.45, 7) is 6.37. The van der Waals surface area contributed by atoms with Gasteiger partial charge >= 0.3 is 0 Å². The van der Waals surface area contributed by atoms with Crippen LogP contribution in [0.5, 0.6) is 0 Å². The average molecular weight is 358 g/mol. The summed E-state index contributed by atoms with van der Waals surface area (Å²) in [5.74, 6) is 0. The highest BCUT2D eigenvalue weighted by Crippen LogP contribution is 2.57. The average Bonchev–Trinajstić information content (AvgIpc) is 3.06. The maximum Gasteiger partial charge on any atom is 0.0713 e. The Bertz CT molecular complexity index is 1130. The van der Waals surface area contributed by atoms with Crippen molar-refractivity contribution >= 4 is 5.57 Å². The molecule has 0 radical (unpaired) electrons. The van der Waals surface area contributed by atoms with Crippen LogP contribution in [0.2, 0.25) is 0 Å². The molecule has 1 aliphatic carbocycles. The Balaban J connectivity index is 2.00. The van der Waals surface area contributed by atoms with E-state index >= 15 is 0 Å². The second-order valence-electron chi connectivity index (χ2n) is 7.54. The fraction of sp³-hybridized carbons (Fsp3) is 0.0714. The van der Waals surface area contributed by atoms with Crippen LogP contribution in [0.1, 0.15) is 34.7 Å². The van der Waals surface area contributed by atoms with Crippen molar-refractivity contribution in [2.75, 3.05) is 0 Å². The Hall–Kier alpha value is -3.38. The summed E-state index contributed by atoms with van der Waals surface area (Å²) >= 11 is 0. The van der Waals surface area contributed by atoms with Gasteiger partial charge in [-0.2, -0.15) is 0 Å². The molecule has 0 unspecified atom stereocenters. The molecule has 0 saturated carbocycles. The third kappa shape index (κ3) is 2.18. The molecule has 4 aromatic carbocycles. The normalized spacial score (nSPS) is 13.6. The zero-order valence-electron chi connectivity index (χ0n) is 16.0. The van der Waals surface area contributed by atoms with Crippen molar-refractivity contribution in [3.05, 3.63) is 138 Å². The standard InChI is InChI=1S/C28H22/c1-20(2)23-17-11-19-26-27(23)24-16-9-10-18-25(24)28(26,21-12-5-3-6-13-21)22-14-7-4-8-15-22/h3-19H,1H2,2H3. The molecule has 0 fully saturated rings. The number of hydrogen-bond donors (Lipinski definition) is 0. The molecule has 0 amide bonds. The van der Waals surface area contributed by atoms with E-state index in [9.17, 15) is 0 Å². The van der Waals surface area contributed by atoms with Gasteiger partial charge in [-0.25, -0.2) is 0 Å². The molecule has 28 heavy (non-hydrogen) atoms. The maximum absolute atomic E-state index is 4.27. The number of hydrogen-bond acceptors (Lipinski definition) is 0. The summed E-state index contributed by atoms with van der Waals surface area (Å²) in [7, 11) is 0. The lowest BCUT2D eigenvalue weighted by atomic mass is 9.67. The van der Waals surface area contributed by atoms with Gasteiger partial charge in [0.1, 0.15) is 0 Å². The van der Waals surface area contributed by atoms with Gasteiger partial charge in [0.05, 0.1) is 5.41 Å². The smallest absolute Gasteiger partial charge is 0.0713 e. The fourth-order valence-electron chi connectivity index (χ4n) is 4.85. The highest BCUT2D eigenvalue weighted by Gasteiger charge is 2.46. The molecule has 0 nitrogen and oxygen atoms in total. The summed E-state index contributed by atoms with van der Waals surface area (Å²) in [6, 6.07) is 37.3. The molecule has 134 valence electrons. The fourth-order valence-corrected chi connectivity index (χ4v) is 4.85. The quantitative estimate of drug-likeness (QED) is 0.323. The van der Waals surface area contributed by atoms with Gasteiger partial charge in [0, 0.05) is 0 Å². The molecule has 0 saturated heterocycles. The molecular formula is C28H22. The first-order chi connectivity index (χ1) is 13.7. The number of benzene rings is 4. The summed E-state index contributed by atoms with van der Waals surface area (Å²) < 4.78 is 0. The van der Waals surface area contributed by atoms with Crippen LogP contribution in [0.4, 0.5) is 0 Å². The molecule has 0 spiro atoms. The van der Waals surface area contributed by atoms with Crippen LogP contribution in [0.3, 0.4) is 0 Å². The van der Waals surface area contributed by atoms with Gasteiger partial charge < -0.3 is 0 Å². The lowest BCUT2D eigenvalue weighted by Gasteiger charge is -2.34. The molecule has 0 aromatic heterocycles. The van der Waals surface area contributed by atoms with Gasteiger partial charge in [-0.3, -0.25) is 0 Å². The van der Waals surface area contributed by atoms with Crippen molar-refractivity contribution < 1.29 is 0 Å². The largest absolute Gasteiger partial charge is 0.0955 e. The lowest BCUT2D eigenvalue weighted by molar-refractivity contribution is 0.768. The molecule has 4 aromatic rings. The molecular weight excluding hydrogens is 336 g/mol. The summed E-state index contributed by atoms with van der Waals surface area (Å²) in [5, 5.41) is 0. The molecule has 5 rings (SSSR count). The van der Waals surface area contributed by atoms with Gasteiger partial charge in [0.2, 0.25) is 0 Å². The van der Waals surface area contributed by atoms with E-state index in [1.165, 1.54) is 38.9 Å². The highest BCUT2D eigenvalue weighted by molar-refractivity contribution is 5.92. The number of rotatable bonds is 3. The Labute approximate surface area is 166 Å². The van der Waals surface area contributed by atoms with Crippen LogP contribution < -0.4 is 0 Å². The van der Waals surface area contributed by atoms with Gasteiger partial charge in [-0.05, 0) is 45.9 Å². The first kappa shape index (κ1) is 16.8. The third-order valence-electron chi connectivity index (χ3n) is 5.94. The second kappa shape index (κ2) is 6.35. The first-order valence-electron chi connectivity index (χ1n) is 9.75. The highest BCUT2D eigenvalue weighted by atomic mass is 14.5. The van der Waals surface area contributed by atoms with Crippen molar-refractivity contribution in [2.45, 2.75) is 12.3 Å². The Morgan fingerprint density at radius 2 is 1.14 bits per heavy atom. The zero-order chi connectivity index (χ0) is 19.1. The van der Waals surface area contributed by atoms with Crippen molar-refractivity contribution in [1.29, 1.82) is 0 Å². The minimum atomic E-state index is -0.320. The number of fused-ring (bicyclic) bond motifs is 3. The summed E-state index contributed by atoms with van der Waals surface area (Å²) in [5.41, 5.74) is 9.92. The van der Waals surface area contributed by atoms with Gasteiger partial charge in [0.15, 0.2) is 0 Å². The predicted molar refractivity (Wildman–Crippen MR) is 118 cm³/mol. The van der Waals surface area contributed by atoms with Crippen molar-refractivity contribution in [2.24, 2.45) is 0 Å². The Morgan fingerprint density at radius 3 is 1.75 bits per heavy atom. The van der Waals surface area contributed by atoms with Gasteiger partial charge in [-0.1, -0.05) is 115 Å². The van der Waals surface area contributed by atoms with E-state index in [1.54, 1.807) is 0 Å². The summed E-state index contributed by atoms with van der Waals surface area (Å²) in [4.78, 5) is 0. The third-order valence-corrected chi connectivity index (χ3v) is 5.94. The van der Waals surface area contributed by atoms with Gasteiger partial charge in [-0.15, -0.1) is 0 Å². The Morgan fingerprint density at radius 1 is 0.607 bits per heavy atom. The van der Waals surface area contributed by atoms with E-state index in [1.807, 2.05) is 0 Å². The van der Waals surface area contributed by atoms with Crippen molar-refractivity contribution in [3.63, 3.8) is 0 Å². The minimum absolute atomic E-state index is 0.320. The SMILES string of the molecule is C=C(C)c1cccc2c1-c1ccccc1C2(c1ccccc1)c1ccccc1. The molecule has 0 bridgehead atoms. The number of allylic oxidation sites excluding steroid dienone is 1. The first-order valence-corrected chi connectivity index (χ1v) is 9.75. The van der Waals surface area contributed by atoms with E-state index in [-0.39, 0.29) is 5.41 Å². The molecule has 0 atom stereocenters. The van der Waals surface area contributed by atoms with Crippen LogP contribution in [0.25, 0.3) is 16.7 Å². The van der Waals surface area contributed by atoms with Crippen LogP contribution in [0, 0.1) is 0 Å². The monoisotopic (exact) mass is 358 g/mol. The van der Waals surface area contributed by atoms with E-state index in [2.05, 4.69) is 117 Å². The lowest BCUT2D eigenvalue weighted by Crippen LogP contribution is -2.28. The van der Waals surface area contributed by atoms with E-state index in [0.717, 1.165) is 5.57 Å². The zero-order valence-corrected chi connectivity index (χ0v) is 16.0. The van der Waals surface area contributed by atoms with Crippen LogP contribution in [-0.2, 0) is 5.41 Å². The predicted octanol–water partition coefficient (Wildman–Crippen LogP) is 7.08. The molecule has 0 aliphatic heterocycles. The van der Waals surface area contributed by atoms with Crippen LogP contribution in [-0.4, -0.2) is 0 Å². The van der Waals surface area contributed by atoms with E-state index in [0.29, 0.717) is 0 Å². The van der Waals surface area contributed by atoms with E-state index in [4.69, 9.17) is 0 Å². The molecule has 0 heteroatoms. The Kier molecular flexibility index (Phi) is 3.80. The molecule has 0 N–H and O–H groups in total.